The van der Waals surface area contributed by atoms with Crippen molar-refractivity contribution in [3.8, 4) is 5.75 Å². The third kappa shape index (κ3) is 2.77. The Kier molecular flexibility index (Phi) is 4.23. The second kappa shape index (κ2) is 6.56. The molecule has 0 saturated heterocycles. The molecule has 2 heterocycles. The zero-order valence-electron chi connectivity index (χ0n) is 13.8. The largest absolute Gasteiger partial charge is 0.493 e. The van der Waals surface area contributed by atoms with Gasteiger partial charge in [0.15, 0.2) is 11.3 Å². The maximum absolute atomic E-state index is 6.20. The average molecular weight is 385 g/mol. The number of hydrogen-bond donors (Lipinski definition) is 1. The quantitative estimate of drug-likeness (QED) is 0.436. The summed E-state index contributed by atoms with van der Waals surface area (Å²) < 4.78 is 11.4. The minimum absolute atomic E-state index is 0.486. The molecule has 0 fully saturated rings. The zero-order valence-corrected chi connectivity index (χ0v) is 15.3. The summed E-state index contributed by atoms with van der Waals surface area (Å²) in [6.45, 7) is 0. The maximum Gasteiger partial charge on any atom is 0.177 e. The van der Waals surface area contributed by atoms with Crippen LogP contribution in [0.25, 0.3) is 34.1 Å². The van der Waals surface area contributed by atoms with Crippen LogP contribution in [0.15, 0.2) is 47.1 Å². The summed E-state index contributed by atoms with van der Waals surface area (Å²) >= 11 is 12.4. The van der Waals surface area contributed by atoms with Crippen LogP contribution in [-0.2, 0) is 0 Å². The van der Waals surface area contributed by atoms with Crippen molar-refractivity contribution < 1.29 is 9.15 Å². The second-order valence-corrected chi connectivity index (χ2v) is 6.58. The summed E-state index contributed by atoms with van der Waals surface area (Å²) in [7, 11) is 1.61. The van der Waals surface area contributed by atoms with Crippen molar-refractivity contribution in [3.63, 3.8) is 0 Å². The van der Waals surface area contributed by atoms with E-state index in [2.05, 4.69) is 4.98 Å². The minimum Gasteiger partial charge on any atom is -0.493 e. The van der Waals surface area contributed by atoms with Crippen LogP contribution in [0.5, 0.6) is 5.75 Å². The van der Waals surface area contributed by atoms with Crippen LogP contribution in [0.3, 0.4) is 0 Å². The van der Waals surface area contributed by atoms with Gasteiger partial charge in [-0.1, -0.05) is 41.4 Å². The van der Waals surface area contributed by atoms with Crippen molar-refractivity contribution in [1.29, 1.82) is 0 Å². The van der Waals surface area contributed by atoms with E-state index in [9.17, 15) is 0 Å². The number of nitrogens with zero attached hydrogens (tertiary/aromatic N) is 1. The Labute approximate surface area is 159 Å². The summed E-state index contributed by atoms with van der Waals surface area (Å²) in [5, 5.41) is 2.81. The fourth-order valence-corrected chi connectivity index (χ4v) is 3.44. The molecule has 0 bridgehead atoms. The standard InChI is InChI=1S/C20H14Cl2N2O2/c1-25-18-6-3-11(2-5-13-15(21)9-24-10-16(13)22)19-14-8-12(23)4-7-17(14)26-20(18)19/h2-10H,23H2,1H3. The molecular weight excluding hydrogens is 371 g/mol. The maximum atomic E-state index is 6.20. The summed E-state index contributed by atoms with van der Waals surface area (Å²) in [4.78, 5) is 3.97. The lowest BCUT2D eigenvalue weighted by atomic mass is 10.0. The van der Waals surface area contributed by atoms with Crippen LogP contribution in [0.4, 0.5) is 5.69 Å². The van der Waals surface area contributed by atoms with Crippen LogP contribution >= 0.6 is 23.2 Å². The second-order valence-electron chi connectivity index (χ2n) is 5.77. The first kappa shape index (κ1) is 16.8. The van der Waals surface area contributed by atoms with E-state index in [1.54, 1.807) is 19.5 Å². The molecule has 0 aliphatic rings. The number of fused-ring (bicyclic) bond motifs is 3. The van der Waals surface area contributed by atoms with E-state index < -0.39 is 0 Å². The first-order valence-electron chi connectivity index (χ1n) is 7.84. The monoisotopic (exact) mass is 384 g/mol. The van der Waals surface area contributed by atoms with E-state index in [1.165, 1.54) is 0 Å². The van der Waals surface area contributed by atoms with Gasteiger partial charge in [-0.05, 0) is 29.8 Å². The predicted molar refractivity (Wildman–Crippen MR) is 108 cm³/mol. The number of halogens is 2. The molecule has 0 spiro atoms. The average Bonchev–Trinajstić information content (AvgIpc) is 3.00. The number of aromatic nitrogens is 1. The number of pyridine rings is 1. The Hall–Kier alpha value is -2.69. The molecule has 0 atom stereocenters. The highest BCUT2D eigenvalue weighted by Gasteiger charge is 2.15. The van der Waals surface area contributed by atoms with E-state index in [-0.39, 0.29) is 0 Å². The van der Waals surface area contributed by atoms with Gasteiger partial charge >= 0.3 is 0 Å². The summed E-state index contributed by atoms with van der Waals surface area (Å²) in [5.41, 5.74) is 9.69. The van der Waals surface area contributed by atoms with Crippen molar-refractivity contribution in [2.75, 3.05) is 12.8 Å². The topological polar surface area (TPSA) is 61.3 Å². The van der Waals surface area contributed by atoms with Crippen molar-refractivity contribution in [1.82, 2.24) is 4.98 Å². The number of methoxy groups -OCH3 is 1. The van der Waals surface area contributed by atoms with Crippen LogP contribution in [0, 0.1) is 0 Å². The van der Waals surface area contributed by atoms with E-state index in [0.29, 0.717) is 32.6 Å². The third-order valence-electron chi connectivity index (χ3n) is 4.18. The molecule has 6 heteroatoms. The summed E-state index contributed by atoms with van der Waals surface area (Å²) in [5.74, 6) is 0.659. The number of benzene rings is 2. The van der Waals surface area contributed by atoms with Crippen molar-refractivity contribution in [3.05, 3.63) is 63.9 Å². The SMILES string of the molecule is COc1ccc(C=Cc2c(Cl)cncc2Cl)c2c1oc1ccc(N)cc12. The molecule has 4 rings (SSSR count). The third-order valence-corrected chi connectivity index (χ3v) is 4.78. The molecule has 2 N–H and O–H groups in total. The molecule has 0 radical (unpaired) electrons. The highest BCUT2D eigenvalue weighted by Crippen LogP contribution is 2.38. The van der Waals surface area contributed by atoms with Gasteiger partial charge in [0.2, 0.25) is 0 Å². The molecule has 2 aromatic carbocycles. The smallest absolute Gasteiger partial charge is 0.177 e. The number of rotatable bonds is 3. The van der Waals surface area contributed by atoms with Gasteiger partial charge in [-0.25, -0.2) is 0 Å². The van der Waals surface area contributed by atoms with Crippen molar-refractivity contribution >= 4 is 63.0 Å². The molecule has 4 aromatic rings. The van der Waals surface area contributed by atoms with Gasteiger partial charge in [0.25, 0.3) is 0 Å². The number of nitrogen functional groups attached to an aromatic ring is 1. The molecule has 0 amide bonds. The Morgan fingerprint density at radius 1 is 1.08 bits per heavy atom. The Balaban J connectivity index is 1.97. The molecule has 2 aromatic heterocycles. The fourth-order valence-electron chi connectivity index (χ4n) is 2.95. The fraction of sp³-hybridized carbons (Fsp3) is 0.0500. The molecule has 4 nitrogen and oxygen atoms in total. The van der Waals surface area contributed by atoms with E-state index in [4.69, 9.17) is 38.1 Å². The predicted octanol–water partition coefficient (Wildman–Crippen LogP) is 6.05. The molecule has 26 heavy (non-hydrogen) atoms. The molecular formula is C20H14Cl2N2O2. The zero-order chi connectivity index (χ0) is 18.3. The van der Waals surface area contributed by atoms with Gasteiger partial charge in [-0.3, -0.25) is 4.98 Å². The minimum atomic E-state index is 0.486. The van der Waals surface area contributed by atoms with Crippen molar-refractivity contribution in [2.24, 2.45) is 0 Å². The van der Waals surface area contributed by atoms with Gasteiger partial charge < -0.3 is 14.9 Å². The molecule has 0 saturated carbocycles. The van der Waals surface area contributed by atoms with Crippen molar-refractivity contribution in [2.45, 2.75) is 0 Å². The van der Waals surface area contributed by atoms with Crippen LogP contribution in [0.1, 0.15) is 11.1 Å². The van der Waals surface area contributed by atoms with E-state index >= 15 is 0 Å². The lowest BCUT2D eigenvalue weighted by Crippen LogP contribution is -1.86. The Morgan fingerprint density at radius 2 is 1.85 bits per heavy atom. The van der Waals surface area contributed by atoms with E-state index in [1.807, 2.05) is 42.5 Å². The highest BCUT2D eigenvalue weighted by atomic mass is 35.5. The Morgan fingerprint density at radius 3 is 2.58 bits per heavy atom. The number of ether oxygens (including phenoxy) is 1. The number of hydrogen-bond acceptors (Lipinski definition) is 4. The van der Waals surface area contributed by atoms with Crippen LogP contribution in [-0.4, -0.2) is 12.1 Å². The normalized spacial score (nSPS) is 11.7. The molecule has 130 valence electrons. The lowest BCUT2D eigenvalue weighted by molar-refractivity contribution is 0.412. The van der Waals surface area contributed by atoms with Crippen LogP contribution < -0.4 is 10.5 Å². The van der Waals surface area contributed by atoms with Gasteiger partial charge in [-0.15, -0.1) is 0 Å². The molecule has 0 unspecified atom stereocenters. The Bertz CT molecular complexity index is 1150. The van der Waals surface area contributed by atoms with E-state index in [0.717, 1.165) is 21.9 Å². The van der Waals surface area contributed by atoms with Gasteiger partial charge in [-0.2, -0.15) is 0 Å². The summed E-state index contributed by atoms with van der Waals surface area (Å²) in [6.07, 6.45) is 6.92. The first-order chi connectivity index (χ1) is 12.6. The lowest BCUT2D eigenvalue weighted by Gasteiger charge is -2.04. The van der Waals surface area contributed by atoms with Crippen LogP contribution in [0.2, 0.25) is 10.0 Å². The number of nitrogens with two attached hydrogens (primary N) is 1. The summed E-state index contributed by atoms with van der Waals surface area (Å²) in [6, 6.07) is 9.38. The van der Waals surface area contributed by atoms with Gasteiger partial charge in [0.1, 0.15) is 5.58 Å². The van der Waals surface area contributed by atoms with Gasteiger partial charge in [0.05, 0.1) is 17.2 Å². The number of furan rings is 1. The van der Waals surface area contributed by atoms with Gasteiger partial charge in [0, 0.05) is 34.4 Å². The molecule has 0 aliphatic heterocycles. The number of anilines is 1. The highest BCUT2D eigenvalue weighted by molar-refractivity contribution is 6.37. The first-order valence-corrected chi connectivity index (χ1v) is 8.60. The molecule has 0 aliphatic carbocycles.